The molecule has 0 aliphatic carbocycles. The standard InChI is InChI=1S/C29H23N3O6/c1-37-28(35)24-23(18-7-4-3-5-8-18)22(16-30)26(31)32(25(24)29(36)38-2)21-10-6-9-20(15-21)17-11-13-19(14-12-17)27(33)34/h3-15,23H,31H2,1-2H3,(H,33,34). The second-order valence-electron chi connectivity index (χ2n) is 8.27. The van der Waals surface area contributed by atoms with Crippen LogP contribution >= 0.6 is 0 Å². The van der Waals surface area contributed by atoms with Crippen molar-refractivity contribution in [3.63, 3.8) is 0 Å². The summed E-state index contributed by atoms with van der Waals surface area (Å²) in [5, 5.41) is 19.4. The predicted molar refractivity (Wildman–Crippen MR) is 138 cm³/mol. The Morgan fingerprint density at radius 1 is 0.895 bits per heavy atom. The third-order valence-electron chi connectivity index (χ3n) is 6.18. The zero-order valence-corrected chi connectivity index (χ0v) is 20.5. The number of esters is 2. The minimum absolute atomic E-state index is 0.0484. The van der Waals surface area contributed by atoms with Gasteiger partial charge in [0.2, 0.25) is 0 Å². The van der Waals surface area contributed by atoms with E-state index in [4.69, 9.17) is 15.2 Å². The number of ether oxygens (including phenoxy) is 2. The summed E-state index contributed by atoms with van der Waals surface area (Å²) in [6, 6.07) is 24.0. The third kappa shape index (κ3) is 4.58. The zero-order chi connectivity index (χ0) is 27.4. The number of carbonyl (C=O) groups excluding carboxylic acids is 2. The van der Waals surface area contributed by atoms with Gasteiger partial charge in [0, 0.05) is 5.69 Å². The number of rotatable bonds is 6. The van der Waals surface area contributed by atoms with Gasteiger partial charge in [-0.2, -0.15) is 5.26 Å². The second kappa shape index (κ2) is 10.7. The number of benzene rings is 3. The Kier molecular flexibility index (Phi) is 7.26. The van der Waals surface area contributed by atoms with Gasteiger partial charge in [0.1, 0.15) is 11.5 Å². The number of nitrogens with two attached hydrogens (primary N) is 1. The van der Waals surface area contributed by atoms with Crippen molar-refractivity contribution in [2.24, 2.45) is 5.73 Å². The Labute approximate surface area is 218 Å². The van der Waals surface area contributed by atoms with Crippen LogP contribution in [0.2, 0.25) is 0 Å². The SMILES string of the molecule is COC(=O)C1=C(C(=O)OC)N(c2cccc(-c3ccc(C(=O)O)cc3)c2)C(N)=C(C#N)C1c1ccccc1. The molecule has 9 heteroatoms. The molecule has 38 heavy (non-hydrogen) atoms. The monoisotopic (exact) mass is 509 g/mol. The number of hydrogen-bond donors (Lipinski definition) is 2. The minimum Gasteiger partial charge on any atom is -0.478 e. The largest absolute Gasteiger partial charge is 0.478 e. The summed E-state index contributed by atoms with van der Waals surface area (Å²) in [6.07, 6.45) is 0. The molecule has 3 aromatic rings. The second-order valence-corrected chi connectivity index (χ2v) is 8.27. The van der Waals surface area contributed by atoms with Crippen molar-refractivity contribution >= 4 is 23.6 Å². The lowest BCUT2D eigenvalue weighted by Gasteiger charge is -2.36. The molecule has 0 saturated heterocycles. The Bertz CT molecular complexity index is 1520. The number of carboxylic acids is 1. The van der Waals surface area contributed by atoms with Crippen molar-refractivity contribution in [2.75, 3.05) is 19.1 Å². The molecule has 1 heterocycles. The van der Waals surface area contributed by atoms with Gasteiger partial charge in [0.05, 0.1) is 42.9 Å². The molecule has 0 saturated carbocycles. The van der Waals surface area contributed by atoms with E-state index in [1.807, 2.05) is 0 Å². The molecule has 190 valence electrons. The molecule has 1 unspecified atom stereocenters. The first-order chi connectivity index (χ1) is 18.3. The topological polar surface area (TPSA) is 143 Å². The molecule has 0 fully saturated rings. The average Bonchev–Trinajstić information content (AvgIpc) is 2.96. The van der Waals surface area contributed by atoms with Gasteiger partial charge >= 0.3 is 17.9 Å². The van der Waals surface area contributed by atoms with E-state index in [1.54, 1.807) is 66.7 Å². The maximum absolute atomic E-state index is 13.2. The number of aromatic carboxylic acids is 1. The number of allylic oxidation sites excluding steroid dienone is 1. The summed E-state index contributed by atoms with van der Waals surface area (Å²) in [4.78, 5) is 38.9. The van der Waals surface area contributed by atoms with Crippen molar-refractivity contribution in [3.05, 3.63) is 113 Å². The lowest BCUT2D eigenvalue weighted by molar-refractivity contribution is -0.139. The van der Waals surface area contributed by atoms with Gasteiger partial charge < -0.3 is 20.3 Å². The van der Waals surface area contributed by atoms with E-state index in [0.29, 0.717) is 22.4 Å². The number of nitrogens with zero attached hydrogens (tertiary/aromatic N) is 2. The van der Waals surface area contributed by atoms with Crippen LogP contribution in [0.25, 0.3) is 11.1 Å². The number of methoxy groups -OCH3 is 2. The molecule has 1 aliphatic rings. The summed E-state index contributed by atoms with van der Waals surface area (Å²) < 4.78 is 10.1. The number of hydrogen-bond acceptors (Lipinski definition) is 8. The van der Waals surface area contributed by atoms with Crippen LogP contribution in [0.1, 0.15) is 21.8 Å². The highest BCUT2D eigenvalue weighted by Crippen LogP contribution is 2.43. The van der Waals surface area contributed by atoms with Crippen LogP contribution in [0.3, 0.4) is 0 Å². The van der Waals surface area contributed by atoms with Crippen molar-refractivity contribution in [3.8, 4) is 17.2 Å². The maximum Gasteiger partial charge on any atom is 0.355 e. The first-order valence-electron chi connectivity index (χ1n) is 11.4. The lowest BCUT2D eigenvalue weighted by Crippen LogP contribution is -2.40. The van der Waals surface area contributed by atoms with Crippen molar-refractivity contribution < 1.29 is 29.0 Å². The fraction of sp³-hybridized carbons (Fsp3) is 0.103. The molecule has 3 N–H and O–H groups in total. The number of anilines is 1. The molecule has 1 aliphatic heterocycles. The van der Waals surface area contributed by atoms with Gasteiger partial charge in [-0.25, -0.2) is 14.4 Å². The van der Waals surface area contributed by atoms with E-state index in [0.717, 1.165) is 0 Å². The van der Waals surface area contributed by atoms with E-state index in [1.165, 1.54) is 31.3 Å². The van der Waals surface area contributed by atoms with Gasteiger partial charge in [-0.3, -0.25) is 4.90 Å². The highest BCUT2D eigenvalue weighted by molar-refractivity contribution is 6.06. The summed E-state index contributed by atoms with van der Waals surface area (Å²) >= 11 is 0. The smallest absolute Gasteiger partial charge is 0.355 e. The molecule has 9 nitrogen and oxygen atoms in total. The molecule has 1 atom stereocenters. The van der Waals surface area contributed by atoms with Gasteiger partial charge in [0.25, 0.3) is 0 Å². The molecular weight excluding hydrogens is 486 g/mol. The molecule has 0 bridgehead atoms. The van der Waals surface area contributed by atoms with Crippen LogP contribution in [0.15, 0.2) is 102 Å². The van der Waals surface area contributed by atoms with E-state index in [9.17, 15) is 24.8 Å². The maximum atomic E-state index is 13.2. The Morgan fingerprint density at radius 2 is 1.55 bits per heavy atom. The third-order valence-corrected chi connectivity index (χ3v) is 6.18. The van der Waals surface area contributed by atoms with E-state index in [-0.39, 0.29) is 28.2 Å². The van der Waals surface area contributed by atoms with Crippen molar-refractivity contribution in [1.82, 2.24) is 0 Å². The lowest BCUT2D eigenvalue weighted by atomic mass is 9.81. The quantitative estimate of drug-likeness (QED) is 0.472. The number of carbonyl (C=O) groups is 3. The molecule has 0 radical (unpaired) electrons. The van der Waals surface area contributed by atoms with E-state index >= 15 is 0 Å². The van der Waals surface area contributed by atoms with Crippen LogP contribution in [-0.2, 0) is 19.1 Å². The average molecular weight is 510 g/mol. The minimum atomic E-state index is -1.04. The number of nitriles is 1. The molecule has 3 aromatic carbocycles. The molecule has 4 rings (SSSR count). The van der Waals surface area contributed by atoms with E-state index in [2.05, 4.69) is 6.07 Å². The molecule has 0 amide bonds. The number of carboxylic acid groups (broad SMARTS) is 1. The van der Waals surface area contributed by atoms with Crippen LogP contribution in [-0.4, -0.2) is 37.2 Å². The fourth-order valence-corrected chi connectivity index (χ4v) is 4.41. The Balaban J connectivity index is 1.96. The highest BCUT2D eigenvalue weighted by atomic mass is 16.5. The Morgan fingerprint density at radius 3 is 2.13 bits per heavy atom. The summed E-state index contributed by atoms with van der Waals surface area (Å²) in [6.45, 7) is 0. The fourth-order valence-electron chi connectivity index (χ4n) is 4.41. The van der Waals surface area contributed by atoms with Crippen LogP contribution in [0.5, 0.6) is 0 Å². The highest BCUT2D eigenvalue weighted by Gasteiger charge is 2.43. The normalized spacial score (nSPS) is 15.1. The van der Waals surface area contributed by atoms with Crippen molar-refractivity contribution in [2.45, 2.75) is 5.92 Å². The van der Waals surface area contributed by atoms with Gasteiger partial charge in [-0.15, -0.1) is 0 Å². The van der Waals surface area contributed by atoms with Gasteiger partial charge in [0.15, 0.2) is 0 Å². The van der Waals surface area contributed by atoms with Crippen LogP contribution < -0.4 is 10.6 Å². The molecule has 0 spiro atoms. The molecular formula is C29H23N3O6. The summed E-state index contributed by atoms with van der Waals surface area (Å²) in [7, 11) is 2.37. The predicted octanol–water partition coefficient (Wildman–Crippen LogP) is 3.95. The van der Waals surface area contributed by atoms with E-state index < -0.39 is 23.8 Å². The first kappa shape index (κ1) is 25.7. The summed E-state index contributed by atoms with van der Waals surface area (Å²) in [5.74, 6) is -3.72. The Hall–Kier alpha value is -5.36. The molecule has 0 aromatic heterocycles. The van der Waals surface area contributed by atoms with Crippen LogP contribution in [0.4, 0.5) is 5.69 Å². The van der Waals surface area contributed by atoms with Gasteiger partial charge in [-0.05, 0) is 41.0 Å². The zero-order valence-electron chi connectivity index (χ0n) is 20.5. The van der Waals surface area contributed by atoms with Crippen molar-refractivity contribution in [1.29, 1.82) is 5.26 Å². The first-order valence-corrected chi connectivity index (χ1v) is 11.4. The van der Waals surface area contributed by atoms with Gasteiger partial charge in [-0.1, -0.05) is 54.6 Å². The van der Waals surface area contributed by atoms with Crippen LogP contribution in [0, 0.1) is 11.3 Å². The summed E-state index contributed by atoms with van der Waals surface area (Å²) in [5.41, 5.74) is 8.80.